The third-order valence-corrected chi connectivity index (χ3v) is 4.42. The highest BCUT2D eigenvalue weighted by molar-refractivity contribution is 7.13. The van der Waals surface area contributed by atoms with E-state index in [0.717, 1.165) is 17.0 Å². The Hall–Kier alpha value is -3.07. The summed E-state index contributed by atoms with van der Waals surface area (Å²) in [5.41, 5.74) is -1.51. The summed E-state index contributed by atoms with van der Waals surface area (Å²) in [4.78, 5) is 24.7. The van der Waals surface area contributed by atoms with Gasteiger partial charge in [-0.25, -0.2) is 0 Å². The molecule has 0 aliphatic heterocycles. The van der Waals surface area contributed by atoms with Crippen molar-refractivity contribution in [2.75, 3.05) is 5.32 Å². The summed E-state index contributed by atoms with van der Waals surface area (Å²) in [5, 5.41) is 6.19. The fourth-order valence-corrected chi connectivity index (χ4v) is 2.98. The lowest BCUT2D eigenvalue weighted by molar-refractivity contribution is -0.138. The summed E-state index contributed by atoms with van der Waals surface area (Å²) in [6.07, 6.45) is -4.65. The smallest absolute Gasteiger partial charge is 0.418 e. The largest absolute Gasteiger partial charge is 0.458 e. The number of thiophene rings is 1. The number of alkyl halides is 3. The Bertz CT molecular complexity index is 949. The quantitative estimate of drug-likeness (QED) is 0.649. The molecule has 27 heavy (non-hydrogen) atoms. The van der Waals surface area contributed by atoms with Crippen LogP contribution < -0.4 is 10.6 Å². The number of para-hydroxylation sites is 1. The summed E-state index contributed by atoms with van der Waals surface area (Å²) < 4.78 is 44.3. The van der Waals surface area contributed by atoms with Crippen molar-refractivity contribution in [2.24, 2.45) is 0 Å². The molecule has 0 aliphatic carbocycles. The van der Waals surface area contributed by atoms with Crippen LogP contribution in [0.5, 0.6) is 0 Å². The number of furan rings is 1. The molecule has 2 aromatic heterocycles. The minimum atomic E-state index is -4.65. The second kappa shape index (κ2) is 7.67. The third kappa shape index (κ3) is 4.56. The highest BCUT2D eigenvalue weighted by Crippen LogP contribution is 2.34. The Morgan fingerprint density at radius 1 is 1.00 bits per heavy atom. The number of hydrogen-bond acceptors (Lipinski definition) is 4. The molecule has 0 atom stereocenters. The first-order chi connectivity index (χ1) is 12.8. The van der Waals surface area contributed by atoms with Crippen LogP contribution in [0.1, 0.15) is 11.3 Å². The van der Waals surface area contributed by atoms with Gasteiger partial charge in [0, 0.05) is 0 Å². The summed E-state index contributed by atoms with van der Waals surface area (Å²) in [6, 6.07) is 11.5. The zero-order valence-corrected chi connectivity index (χ0v) is 14.5. The number of carbonyl (C=O) groups excluding carboxylic acids is 2. The van der Waals surface area contributed by atoms with Crippen LogP contribution >= 0.6 is 11.3 Å². The van der Waals surface area contributed by atoms with E-state index in [0.29, 0.717) is 11.5 Å². The van der Waals surface area contributed by atoms with E-state index in [9.17, 15) is 22.8 Å². The number of hydrogen-bond donors (Lipinski definition) is 2. The van der Waals surface area contributed by atoms with Gasteiger partial charge in [0.05, 0.1) is 22.7 Å². The monoisotopic (exact) mass is 394 g/mol. The van der Waals surface area contributed by atoms with Crippen molar-refractivity contribution in [3.8, 4) is 10.6 Å². The molecule has 9 heteroatoms. The van der Waals surface area contributed by atoms with Crippen molar-refractivity contribution >= 4 is 28.8 Å². The number of rotatable bonds is 4. The molecule has 0 saturated carbocycles. The predicted octanol–water partition coefficient (Wildman–Crippen LogP) is 4.28. The minimum Gasteiger partial charge on any atom is -0.458 e. The number of benzene rings is 1. The molecule has 2 amide bonds. The van der Waals surface area contributed by atoms with Crippen LogP contribution in [-0.4, -0.2) is 11.8 Å². The van der Waals surface area contributed by atoms with E-state index in [4.69, 9.17) is 4.42 Å². The Labute approximate surface area is 155 Å². The topological polar surface area (TPSA) is 71.3 Å². The number of halogens is 3. The maximum absolute atomic E-state index is 12.9. The molecule has 3 rings (SSSR count). The van der Waals surface area contributed by atoms with Gasteiger partial charge in [0.2, 0.25) is 0 Å². The zero-order chi connectivity index (χ0) is 19.4. The second-order valence-corrected chi connectivity index (χ2v) is 6.37. The van der Waals surface area contributed by atoms with Crippen LogP contribution in [-0.2, 0) is 22.3 Å². The first-order valence-corrected chi connectivity index (χ1v) is 8.60. The fraction of sp³-hybridized carbons (Fsp3) is 0.111. The Kier molecular flexibility index (Phi) is 5.31. The Morgan fingerprint density at radius 2 is 1.78 bits per heavy atom. The predicted molar refractivity (Wildman–Crippen MR) is 93.9 cm³/mol. The van der Waals surface area contributed by atoms with E-state index in [1.807, 2.05) is 22.8 Å². The van der Waals surface area contributed by atoms with Crippen LogP contribution in [0.15, 0.2) is 58.3 Å². The minimum absolute atomic E-state index is 0.0709. The fourth-order valence-electron chi connectivity index (χ4n) is 2.29. The Balaban J connectivity index is 1.60. The first kappa shape index (κ1) is 18.7. The zero-order valence-electron chi connectivity index (χ0n) is 13.7. The molecule has 2 N–H and O–H groups in total. The first-order valence-electron chi connectivity index (χ1n) is 7.72. The highest BCUT2D eigenvalue weighted by Gasteiger charge is 2.34. The number of nitrogens with one attached hydrogen (secondary N) is 2. The van der Waals surface area contributed by atoms with Gasteiger partial charge in [-0.2, -0.15) is 13.2 Å². The van der Waals surface area contributed by atoms with Gasteiger partial charge in [-0.05, 0) is 35.7 Å². The van der Waals surface area contributed by atoms with Gasteiger partial charge in [0.15, 0.2) is 0 Å². The molecule has 0 bridgehead atoms. The molecule has 140 valence electrons. The van der Waals surface area contributed by atoms with Crippen LogP contribution in [0.2, 0.25) is 0 Å². The van der Waals surface area contributed by atoms with Crippen LogP contribution in [0.25, 0.3) is 10.6 Å². The van der Waals surface area contributed by atoms with E-state index >= 15 is 0 Å². The average Bonchev–Trinajstić information content (AvgIpc) is 3.30. The molecule has 0 saturated heterocycles. The molecular formula is C18H13F3N2O3S. The van der Waals surface area contributed by atoms with Crippen molar-refractivity contribution in [3.05, 3.63) is 65.2 Å². The summed E-state index contributed by atoms with van der Waals surface area (Å²) in [6.45, 7) is -0.0709. The molecule has 0 unspecified atom stereocenters. The molecule has 0 fully saturated rings. The highest BCUT2D eigenvalue weighted by atomic mass is 32.1. The number of carbonyl (C=O) groups is 2. The second-order valence-electron chi connectivity index (χ2n) is 5.42. The van der Waals surface area contributed by atoms with Gasteiger partial charge in [-0.1, -0.05) is 18.2 Å². The van der Waals surface area contributed by atoms with Gasteiger partial charge >= 0.3 is 18.0 Å². The van der Waals surface area contributed by atoms with Gasteiger partial charge in [-0.15, -0.1) is 11.3 Å². The van der Waals surface area contributed by atoms with Gasteiger partial charge in [0.25, 0.3) is 0 Å². The molecule has 1 aromatic carbocycles. The summed E-state index contributed by atoms with van der Waals surface area (Å²) in [5.74, 6) is -1.23. The maximum atomic E-state index is 12.9. The SMILES string of the molecule is O=C(NCc1ccc(-c2cccs2)o1)C(=O)Nc1ccccc1C(F)(F)F. The van der Waals surface area contributed by atoms with E-state index in [2.05, 4.69) is 5.32 Å². The van der Waals surface area contributed by atoms with Gasteiger partial charge in [0.1, 0.15) is 11.5 Å². The molecule has 0 aliphatic rings. The molecule has 5 nitrogen and oxygen atoms in total. The van der Waals surface area contributed by atoms with Gasteiger partial charge < -0.3 is 15.1 Å². The van der Waals surface area contributed by atoms with Crippen molar-refractivity contribution in [1.82, 2.24) is 5.32 Å². The van der Waals surface area contributed by atoms with Crippen molar-refractivity contribution in [2.45, 2.75) is 12.7 Å². The number of amides is 2. The maximum Gasteiger partial charge on any atom is 0.418 e. The van der Waals surface area contributed by atoms with E-state index < -0.39 is 29.2 Å². The van der Waals surface area contributed by atoms with Gasteiger partial charge in [-0.3, -0.25) is 9.59 Å². The molecule has 0 spiro atoms. The normalized spacial score (nSPS) is 11.2. The molecule has 3 aromatic rings. The lowest BCUT2D eigenvalue weighted by atomic mass is 10.1. The standard InChI is InChI=1S/C18H13F3N2O3S/c19-18(20,21)12-4-1-2-5-13(12)23-17(25)16(24)22-10-11-7-8-14(26-11)15-6-3-9-27-15/h1-9H,10H2,(H,22,24)(H,23,25). The summed E-state index contributed by atoms with van der Waals surface area (Å²) >= 11 is 1.49. The lowest BCUT2D eigenvalue weighted by Crippen LogP contribution is -2.35. The number of anilines is 1. The average molecular weight is 394 g/mol. The summed E-state index contributed by atoms with van der Waals surface area (Å²) in [7, 11) is 0. The van der Waals surface area contributed by atoms with Crippen LogP contribution in [0.4, 0.5) is 18.9 Å². The molecule has 0 radical (unpaired) electrons. The third-order valence-electron chi connectivity index (χ3n) is 3.54. The van der Waals surface area contributed by atoms with E-state index in [1.54, 1.807) is 12.1 Å². The van der Waals surface area contributed by atoms with Crippen LogP contribution in [0.3, 0.4) is 0 Å². The van der Waals surface area contributed by atoms with Crippen molar-refractivity contribution < 1.29 is 27.2 Å². The lowest BCUT2D eigenvalue weighted by Gasteiger charge is -2.13. The Morgan fingerprint density at radius 3 is 2.48 bits per heavy atom. The molecular weight excluding hydrogens is 381 g/mol. The van der Waals surface area contributed by atoms with E-state index in [-0.39, 0.29) is 6.54 Å². The van der Waals surface area contributed by atoms with Crippen molar-refractivity contribution in [3.63, 3.8) is 0 Å². The molecule has 2 heterocycles. The van der Waals surface area contributed by atoms with Crippen molar-refractivity contribution in [1.29, 1.82) is 0 Å². The van der Waals surface area contributed by atoms with E-state index in [1.165, 1.54) is 23.5 Å². The van der Waals surface area contributed by atoms with Crippen LogP contribution in [0, 0.1) is 0 Å².